The van der Waals surface area contributed by atoms with Crippen LogP contribution >= 0.6 is 0 Å². The predicted molar refractivity (Wildman–Crippen MR) is 115 cm³/mol. The van der Waals surface area contributed by atoms with Crippen molar-refractivity contribution in [2.75, 3.05) is 16.4 Å². The van der Waals surface area contributed by atoms with Gasteiger partial charge in [0.15, 0.2) is 0 Å². The molecule has 1 aromatic carbocycles. The summed E-state index contributed by atoms with van der Waals surface area (Å²) in [6.07, 6.45) is 3.41. The van der Waals surface area contributed by atoms with Gasteiger partial charge < -0.3 is 16.4 Å². The molecule has 0 saturated heterocycles. The van der Waals surface area contributed by atoms with E-state index in [1.807, 2.05) is 13.0 Å². The molecule has 1 aliphatic carbocycles. The van der Waals surface area contributed by atoms with Crippen molar-refractivity contribution in [1.82, 2.24) is 9.97 Å². The number of aromatic nitrogens is 2. The van der Waals surface area contributed by atoms with E-state index >= 15 is 0 Å². The molecule has 2 aromatic heterocycles. The predicted octanol–water partition coefficient (Wildman–Crippen LogP) is 2.81. The summed E-state index contributed by atoms with van der Waals surface area (Å²) in [7, 11) is 0. The van der Waals surface area contributed by atoms with Gasteiger partial charge in [0.1, 0.15) is 11.6 Å². The molecule has 5 rings (SSSR count). The third-order valence-corrected chi connectivity index (χ3v) is 5.28. The standard InChI is InChI=1S/C21H17N5O3.CHN/c1-9-4-15-13(18(27)21(29)25-15)7-12(9)16-5-11-6-17(26-20(28)10-2-3-10)23-8-14(11)19(22)24-16;1-2/h4-8,10H,2-3H2,1H3,(H2,22,24)(H,23,26,28)(H,25,27,29);1H. The van der Waals surface area contributed by atoms with E-state index in [2.05, 4.69) is 27.2 Å². The van der Waals surface area contributed by atoms with Crippen LogP contribution in [0.2, 0.25) is 0 Å². The number of nitrogens with zero attached hydrogens (tertiary/aromatic N) is 3. The van der Waals surface area contributed by atoms with Gasteiger partial charge in [-0.1, -0.05) is 0 Å². The summed E-state index contributed by atoms with van der Waals surface area (Å²) in [4.78, 5) is 44.5. The first-order valence-corrected chi connectivity index (χ1v) is 9.54. The maximum atomic E-state index is 12.1. The number of aryl methyl sites for hydroxylation is 1. The molecule has 0 atom stereocenters. The van der Waals surface area contributed by atoms with Gasteiger partial charge in [-0.25, -0.2) is 15.2 Å². The van der Waals surface area contributed by atoms with E-state index in [1.165, 1.54) is 0 Å². The number of carbonyl (C=O) groups is 3. The number of fused-ring (bicyclic) bond motifs is 2. The molecule has 1 aliphatic heterocycles. The number of benzene rings is 1. The Morgan fingerprint density at radius 1 is 1.19 bits per heavy atom. The second kappa shape index (κ2) is 7.50. The van der Waals surface area contributed by atoms with Crippen LogP contribution in [0.15, 0.2) is 30.5 Å². The zero-order valence-corrected chi connectivity index (χ0v) is 16.6. The number of hydrogen-bond acceptors (Lipinski definition) is 7. The van der Waals surface area contributed by atoms with E-state index in [1.54, 1.807) is 24.4 Å². The monoisotopic (exact) mass is 414 g/mol. The van der Waals surface area contributed by atoms with Gasteiger partial charge >= 0.3 is 0 Å². The number of ketones is 1. The van der Waals surface area contributed by atoms with E-state index in [4.69, 9.17) is 11.0 Å². The second-order valence-corrected chi connectivity index (χ2v) is 7.44. The molecule has 2 aliphatic rings. The molecular weight excluding hydrogens is 396 g/mol. The highest BCUT2D eigenvalue weighted by atomic mass is 16.2. The number of rotatable bonds is 3. The number of nitriles is 1. The highest BCUT2D eigenvalue weighted by Crippen LogP contribution is 2.34. The molecule has 154 valence electrons. The van der Waals surface area contributed by atoms with Crippen molar-refractivity contribution in [2.45, 2.75) is 19.8 Å². The van der Waals surface area contributed by atoms with Gasteiger partial charge in [-0.15, -0.1) is 0 Å². The topological polar surface area (TPSA) is 151 Å². The number of nitrogens with one attached hydrogen (secondary N) is 2. The molecule has 3 heterocycles. The fraction of sp³-hybridized carbons (Fsp3) is 0.182. The lowest BCUT2D eigenvalue weighted by Crippen LogP contribution is -2.14. The molecule has 1 saturated carbocycles. The first-order valence-electron chi connectivity index (χ1n) is 9.54. The van der Waals surface area contributed by atoms with E-state index in [9.17, 15) is 14.4 Å². The highest BCUT2D eigenvalue weighted by molar-refractivity contribution is 6.51. The summed E-state index contributed by atoms with van der Waals surface area (Å²) in [5.74, 6) is -0.390. The van der Waals surface area contributed by atoms with E-state index in [0.29, 0.717) is 39.5 Å². The molecule has 3 aromatic rings. The van der Waals surface area contributed by atoms with Crippen molar-refractivity contribution in [3.8, 4) is 17.8 Å². The van der Waals surface area contributed by atoms with Crippen LogP contribution in [0.3, 0.4) is 0 Å². The largest absolute Gasteiger partial charge is 0.383 e. The van der Waals surface area contributed by atoms with Crippen LogP contribution < -0.4 is 16.4 Å². The summed E-state index contributed by atoms with van der Waals surface area (Å²) in [6.45, 7) is 5.38. The first kappa shape index (κ1) is 20.0. The van der Waals surface area contributed by atoms with Crippen LogP contribution in [0.1, 0.15) is 28.8 Å². The van der Waals surface area contributed by atoms with Gasteiger partial charge in [-0.2, -0.15) is 0 Å². The van der Waals surface area contributed by atoms with Gasteiger partial charge in [0.2, 0.25) is 5.91 Å². The van der Waals surface area contributed by atoms with E-state index in [0.717, 1.165) is 23.8 Å². The Kier molecular flexibility index (Phi) is 4.83. The number of carbonyl (C=O) groups excluding carboxylic acids is 3. The summed E-state index contributed by atoms with van der Waals surface area (Å²) in [6, 6.07) is 7.01. The van der Waals surface area contributed by atoms with Crippen LogP contribution in [0, 0.1) is 24.7 Å². The normalized spacial score (nSPS) is 14.4. The lowest BCUT2D eigenvalue weighted by Gasteiger charge is -2.11. The Balaban J connectivity index is 0.00000112. The summed E-state index contributed by atoms with van der Waals surface area (Å²) < 4.78 is 0. The Hall–Kier alpha value is -4.32. The van der Waals surface area contributed by atoms with E-state index < -0.39 is 11.7 Å². The van der Waals surface area contributed by atoms with Gasteiger partial charge in [-0.05, 0) is 55.0 Å². The third-order valence-electron chi connectivity index (χ3n) is 5.28. The van der Waals surface area contributed by atoms with Gasteiger partial charge in [0, 0.05) is 29.6 Å². The fourth-order valence-corrected chi connectivity index (χ4v) is 3.53. The highest BCUT2D eigenvalue weighted by Gasteiger charge is 2.30. The number of anilines is 3. The number of hydrogen-bond donors (Lipinski definition) is 3. The molecule has 2 amide bonds. The molecule has 0 unspecified atom stereocenters. The molecule has 4 N–H and O–H groups in total. The Labute approximate surface area is 177 Å². The smallest absolute Gasteiger partial charge is 0.296 e. The fourth-order valence-electron chi connectivity index (χ4n) is 3.53. The number of amides is 2. The second-order valence-electron chi connectivity index (χ2n) is 7.44. The minimum Gasteiger partial charge on any atom is -0.383 e. The number of nitrogen functional groups attached to an aromatic ring is 1. The minimum absolute atomic E-state index is 0.0238. The van der Waals surface area contributed by atoms with Crippen molar-refractivity contribution in [2.24, 2.45) is 5.92 Å². The molecule has 9 heteroatoms. The average Bonchev–Trinajstić information content (AvgIpc) is 3.56. The first-order chi connectivity index (χ1) is 14.9. The lowest BCUT2D eigenvalue weighted by molar-refractivity contribution is -0.117. The molecule has 0 spiro atoms. The molecule has 31 heavy (non-hydrogen) atoms. The van der Waals surface area contributed by atoms with Crippen LogP contribution in [0.25, 0.3) is 22.0 Å². The SMILES string of the molecule is C#N.Cc1cc2c(cc1-c1cc3cc(NC(=O)C4CC4)ncc3c(N)n1)C(=O)C(=O)N2. The Morgan fingerprint density at radius 2 is 1.94 bits per heavy atom. The van der Waals surface area contributed by atoms with Crippen molar-refractivity contribution < 1.29 is 14.4 Å². The number of Topliss-reactive ketones (excluding diaryl/α,β-unsaturated/α-hetero) is 1. The number of pyridine rings is 2. The molecule has 9 nitrogen and oxygen atoms in total. The van der Waals surface area contributed by atoms with Crippen molar-refractivity contribution in [3.63, 3.8) is 0 Å². The summed E-state index contributed by atoms with van der Waals surface area (Å²) >= 11 is 0. The summed E-state index contributed by atoms with van der Waals surface area (Å²) in [5, 5.41) is 13.3. The van der Waals surface area contributed by atoms with Crippen molar-refractivity contribution >= 4 is 45.7 Å². The average molecular weight is 414 g/mol. The van der Waals surface area contributed by atoms with Crippen LogP contribution in [0.4, 0.5) is 17.3 Å². The van der Waals surface area contributed by atoms with Crippen LogP contribution in [0.5, 0.6) is 0 Å². The number of nitrogens with two attached hydrogens (primary N) is 1. The van der Waals surface area contributed by atoms with Gasteiger partial charge in [0.25, 0.3) is 11.7 Å². The Morgan fingerprint density at radius 3 is 2.65 bits per heavy atom. The minimum atomic E-state index is -0.635. The van der Waals surface area contributed by atoms with Crippen molar-refractivity contribution in [1.29, 1.82) is 5.26 Å². The maximum absolute atomic E-state index is 12.1. The molecule has 0 radical (unpaired) electrons. The van der Waals surface area contributed by atoms with Gasteiger partial charge in [0.05, 0.1) is 16.9 Å². The zero-order chi connectivity index (χ0) is 22.3. The van der Waals surface area contributed by atoms with E-state index in [-0.39, 0.29) is 11.8 Å². The third kappa shape index (κ3) is 3.55. The zero-order valence-electron chi connectivity index (χ0n) is 16.6. The quantitative estimate of drug-likeness (QED) is 0.557. The summed E-state index contributed by atoms with van der Waals surface area (Å²) in [5.41, 5.74) is 9.11. The van der Waals surface area contributed by atoms with Gasteiger partial charge in [-0.3, -0.25) is 14.4 Å². The van der Waals surface area contributed by atoms with Crippen LogP contribution in [-0.4, -0.2) is 27.6 Å². The molecule has 0 bridgehead atoms. The maximum Gasteiger partial charge on any atom is 0.296 e. The molecular formula is C22H18N6O3. The van der Waals surface area contributed by atoms with Crippen LogP contribution in [-0.2, 0) is 9.59 Å². The molecule has 1 fully saturated rings. The lowest BCUT2D eigenvalue weighted by atomic mass is 9.98. The van der Waals surface area contributed by atoms with Crippen molar-refractivity contribution in [3.05, 3.63) is 41.6 Å². The Bertz CT molecular complexity index is 1290.